The van der Waals surface area contributed by atoms with E-state index in [1.807, 2.05) is 56.3 Å². The normalized spacial score (nSPS) is 26.1. The molecular formula is C23H23ClN2O2. The predicted molar refractivity (Wildman–Crippen MR) is 111 cm³/mol. The van der Waals surface area contributed by atoms with Gasteiger partial charge in [0.1, 0.15) is 5.41 Å². The monoisotopic (exact) mass is 394 g/mol. The highest BCUT2D eigenvalue weighted by Gasteiger charge is 2.61. The van der Waals surface area contributed by atoms with Crippen LogP contribution in [0.15, 0.2) is 60.7 Å². The Morgan fingerprint density at radius 1 is 1.18 bits per heavy atom. The summed E-state index contributed by atoms with van der Waals surface area (Å²) in [6, 6.07) is 14.7. The van der Waals surface area contributed by atoms with Gasteiger partial charge >= 0.3 is 0 Å². The Bertz CT molecular complexity index is 984. The van der Waals surface area contributed by atoms with Gasteiger partial charge in [-0.05, 0) is 35.2 Å². The van der Waals surface area contributed by atoms with Crippen LogP contribution in [0.4, 0.5) is 5.69 Å². The van der Waals surface area contributed by atoms with Gasteiger partial charge in [0.15, 0.2) is 0 Å². The lowest BCUT2D eigenvalue weighted by atomic mass is 9.58. The molecule has 28 heavy (non-hydrogen) atoms. The van der Waals surface area contributed by atoms with E-state index >= 15 is 0 Å². The molecule has 0 saturated carbocycles. The van der Waals surface area contributed by atoms with Gasteiger partial charge in [0.05, 0.1) is 6.04 Å². The number of halogens is 1. The number of nitrogens with one attached hydrogen (secondary N) is 2. The van der Waals surface area contributed by atoms with Crippen molar-refractivity contribution < 1.29 is 9.59 Å². The fraction of sp³-hybridized carbons (Fsp3) is 0.304. The highest BCUT2D eigenvalue weighted by molar-refractivity contribution is 6.30. The van der Waals surface area contributed by atoms with E-state index < -0.39 is 11.5 Å². The van der Waals surface area contributed by atoms with Gasteiger partial charge in [0, 0.05) is 23.0 Å². The largest absolute Gasteiger partial charge is 0.348 e. The lowest BCUT2D eigenvalue weighted by Crippen LogP contribution is -2.62. The molecule has 1 fully saturated rings. The van der Waals surface area contributed by atoms with Crippen LogP contribution < -0.4 is 10.6 Å². The highest BCUT2D eigenvalue weighted by atomic mass is 35.5. The molecule has 2 N–H and O–H groups in total. The molecule has 1 spiro atoms. The smallest absolute Gasteiger partial charge is 0.238 e. The highest BCUT2D eigenvalue weighted by Crippen LogP contribution is 2.54. The average molecular weight is 395 g/mol. The number of amides is 2. The molecule has 3 atom stereocenters. The summed E-state index contributed by atoms with van der Waals surface area (Å²) in [6.07, 6.45) is 0.212. The first kappa shape index (κ1) is 18.8. The maximum Gasteiger partial charge on any atom is 0.238 e. The molecule has 2 aromatic carbocycles. The molecule has 2 aromatic rings. The van der Waals surface area contributed by atoms with Gasteiger partial charge < -0.3 is 10.6 Å². The Hall–Kier alpha value is -2.59. The Labute approximate surface area is 170 Å². The van der Waals surface area contributed by atoms with Crippen molar-refractivity contribution in [2.45, 2.75) is 37.6 Å². The van der Waals surface area contributed by atoms with E-state index in [4.69, 9.17) is 11.6 Å². The van der Waals surface area contributed by atoms with E-state index in [2.05, 4.69) is 17.2 Å². The van der Waals surface area contributed by atoms with Crippen molar-refractivity contribution in [3.05, 3.63) is 76.8 Å². The van der Waals surface area contributed by atoms with E-state index in [0.29, 0.717) is 5.02 Å². The molecule has 5 heteroatoms. The van der Waals surface area contributed by atoms with Crippen LogP contribution in [0.5, 0.6) is 0 Å². The van der Waals surface area contributed by atoms with Crippen LogP contribution in [0.25, 0.3) is 0 Å². The number of para-hydroxylation sites is 1. The van der Waals surface area contributed by atoms with Crippen LogP contribution >= 0.6 is 11.6 Å². The lowest BCUT2D eigenvalue weighted by Gasteiger charge is -2.47. The standard InChI is InChI=1S/C23H23ClN2O2/c1-13(2)14(3)21-23(17-9-4-5-10-19(17)25-22(23)28)18(12-20(27)26-21)15-7-6-8-16(24)11-15/h4-11,13,18,21H,3,12H2,1-2H3,(H,25,28)(H,26,27). The molecule has 2 aliphatic heterocycles. The van der Waals surface area contributed by atoms with Crippen LogP contribution in [0.3, 0.4) is 0 Å². The fourth-order valence-electron chi connectivity index (χ4n) is 4.64. The van der Waals surface area contributed by atoms with E-state index in [0.717, 1.165) is 22.4 Å². The van der Waals surface area contributed by atoms with Crippen molar-refractivity contribution in [1.82, 2.24) is 5.32 Å². The number of rotatable bonds is 3. The van der Waals surface area contributed by atoms with Gasteiger partial charge in [0.2, 0.25) is 11.8 Å². The molecule has 144 valence electrons. The molecule has 4 nitrogen and oxygen atoms in total. The van der Waals surface area contributed by atoms with Crippen molar-refractivity contribution in [2.75, 3.05) is 5.32 Å². The summed E-state index contributed by atoms with van der Waals surface area (Å²) < 4.78 is 0. The third kappa shape index (κ3) is 2.67. The molecule has 0 aromatic heterocycles. The van der Waals surface area contributed by atoms with Crippen LogP contribution in [-0.2, 0) is 15.0 Å². The first-order valence-electron chi connectivity index (χ1n) is 9.50. The second kappa shape index (κ2) is 6.78. The average Bonchev–Trinajstić information content (AvgIpc) is 2.95. The van der Waals surface area contributed by atoms with Crippen molar-refractivity contribution in [2.24, 2.45) is 5.92 Å². The second-order valence-corrected chi connectivity index (χ2v) is 8.35. The minimum Gasteiger partial charge on any atom is -0.348 e. The van der Waals surface area contributed by atoms with E-state index in [9.17, 15) is 9.59 Å². The van der Waals surface area contributed by atoms with Gasteiger partial charge in [0.25, 0.3) is 0 Å². The number of hydrogen-bond donors (Lipinski definition) is 2. The van der Waals surface area contributed by atoms with E-state index in [1.165, 1.54) is 0 Å². The Balaban J connectivity index is 2.00. The molecule has 2 aliphatic rings. The summed E-state index contributed by atoms with van der Waals surface area (Å²) in [5, 5.41) is 6.72. The number of anilines is 1. The number of benzene rings is 2. The third-order valence-corrected chi connectivity index (χ3v) is 6.30. The molecule has 3 unspecified atom stereocenters. The maximum absolute atomic E-state index is 13.6. The number of hydrogen-bond acceptors (Lipinski definition) is 2. The summed E-state index contributed by atoms with van der Waals surface area (Å²) in [5.41, 5.74) is 2.45. The fourth-order valence-corrected chi connectivity index (χ4v) is 4.84. The summed E-state index contributed by atoms with van der Waals surface area (Å²) in [6.45, 7) is 8.33. The Morgan fingerprint density at radius 2 is 1.93 bits per heavy atom. The molecule has 4 rings (SSSR count). The maximum atomic E-state index is 13.6. The summed E-state index contributed by atoms with van der Waals surface area (Å²) >= 11 is 6.26. The molecule has 0 aliphatic carbocycles. The SMILES string of the molecule is C=C(C(C)C)C1NC(=O)CC(c2cccc(Cl)c2)C12C(=O)Nc1ccccc12. The molecule has 1 saturated heterocycles. The third-order valence-electron chi connectivity index (χ3n) is 6.06. The number of carbonyl (C=O) groups is 2. The molecule has 0 radical (unpaired) electrons. The van der Waals surface area contributed by atoms with Gasteiger partial charge in [-0.3, -0.25) is 9.59 Å². The topological polar surface area (TPSA) is 58.2 Å². The minimum absolute atomic E-state index is 0.0837. The molecule has 2 heterocycles. The Morgan fingerprint density at radius 3 is 2.64 bits per heavy atom. The summed E-state index contributed by atoms with van der Waals surface area (Å²) in [7, 11) is 0. The molecular weight excluding hydrogens is 372 g/mol. The lowest BCUT2D eigenvalue weighted by molar-refractivity contribution is -0.130. The first-order chi connectivity index (χ1) is 13.4. The first-order valence-corrected chi connectivity index (χ1v) is 9.88. The van der Waals surface area contributed by atoms with Crippen LogP contribution in [0.2, 0.25) is 5.02 Å². The predicted octanol–water partition coefficient (Wildman–Crippen LogP) is 4.41. The zero-order valence-corrected chi connectivity index (χ0v) is 16.7. The van der Waals surface area contributed by atoms with Crippen LogP contribution in [0.1, 0.15) is 37.3 Å². The number of carbonyl (C=O) groups excluding carboxylic acids is 2. The van der Waals surface area contributed by atoms with Gasteiger partial charge in [-0.15, -0.1) is 0 Å². The Kier molecular flexibility index (Phi) is 4.54. The van der Waals surface area contributed by atoms with Gasteiger partial charge in [-0.2, -0.15) is 0 Å². The zero-order chi connectivity index (χ0) is 20.1. The van der Waals surface area contributed by atoms with Crippen molar-refractivity contribution in [1.29, 1.82) is 0 Å². The van der Waals surface area contributed by atoms with Crippen molar-refractivity contribution in [3.8, 4) is 0 Å². The number of fused-ring (bicyclic) bond motifs is 2. The van der Waals surface area contributed by atoms with Crippen LogP contribution in [0, 0.1) is 5.92 Å². The van der Waals surface area contributed by atoms with Crippen molar-refractivity contribution >= 4 is 29.1 Å². The van der Waals surface area contributed by atoms with E-state index in [-0.39, 0.29) is 30.1 Å². The summed E-state index contributed by atoms with van der Waals surface area (Å²) in [4.78, 5) is 26.3. The molecule has 2 amide bonds. The van der Waals surface area contributed by atoms with Crippen LogP contribution in [-0.4, -0.2) is 17.9 Å². The summed E-state index contributed by atoms with van der Waals surface area (Å²) in [5.74, 6) is -0.421. The zero-order valence-electron chi connectivity index (χ0n) is 16.0. The van der Waals surface area contributed by atoms with E-state index in [1.54, 1.807) is 6.07 Å². The van der Waals surface area contributed by atoms with Crippen molar-refractivity contribution in [3.63, 3.8) is 0 Å². The second-order valence-electron chi connectivity index (χ2n) is 7.91. The minimum atomic E-state index is -0.962. The van der Waals surface area contributed by atoms with Gasteiger partial charge in [-0.1, -0.05) is 67.9 Å². The molecule has 0 bridgehead atoms. The quantitative estimate of drug-likeness (QED) is 0.757. The van der Waals surface area contributed by atoms with Gasteiger partial charge in [-0.25, -0.2) is 0 Å². The number of piperidine rings is 1.